The second kappa shape index (κ2) is 30.6. The molecule has 34 nitrogen and oxygen atoms in total. The molecule has 100 heavy (non-hydrogen) atoms. The van der Waals surface area contributed by atoms with Crippen LogP contribution in [0.4, 0.5) is 0 Å². The van der Waals surface area contributed by atoms with Crippen molar-refractivity contribution in [2.75, 3.05) is 46.2 Å². The zero-order valence-electron chi connectivity index (χ0n) is 56.8. The van der Waals surface area contributed by atoms with E-state index in [4.69, 9.17) is 75.8 Å². The van der Waals surface area contributed by atoms with Crippen molar-refractivity contribution >= 4 is 0 Å². The predicted octanol–water partition coefficient (Wildman–Crippen LogP) is -6.49. The van der Waals surface area contributed by atoms with Crippen molar-refractivity contribution in [2.45, 2.75) is 313 Å². The van der Waals surface area contributed by atoms with Crippen LogP contribution in [0.1, 0.15) is 98.8 Å². The molecule has 4 aliphatic carbocycles. The molecular weight excluding hydrogens is 1340 g/mol. The molecule has 9 aliphatic heterocycles. The minimum Gasteiger partial charge on any atom is -0.394 e. The van der Waals surface area contributed by atoms with Gasteiger partial charge in [-0.3, -0.25) is 0 Å². The number of aliphatic hydroxyl groups excluding tert-OH is 18. The van der Waals surface area contributed by atoms with Crippen LogP contribution in [0, 0.1) is 52.3 Å². The van der Waals surface area contributed by atoms with E-state index in [2.05, 4.69) is 27.7 Å². The molecule has 0 amide bonds. The quantitative estimate of drug-likeness (QED) is 0.0568. The average molecular weight is 1450 g/mol. The third-order valence-corrected chi connectivity index (χ3v) is 25.5. The van der Waals surface area contributed by atoms with E-state index in [0.29, 0.717) is 49.0 Å². The number of aliphatic hydroxyl groups is 18. The van der Waals surface area contributed by atoms with Gasteiger partial charge >= 0.3 is 0 Å². The van der Waals surface area contributed by atoms with Gasteiger partial charge in [0.25, 0.3) is 0 Å². The van der Waals surface area contributed by atoms with Gasteiger partial charge in [-0.25, -0.2) is 0 Å². The van der Waals surface area contributed by atoms with Crippen molar-refractivity contribution in [3.05, 3.63) is 0 Å². The molecule has 1 spiro atoms. The Morgan fingerprint density at radius 3 is 1.65 bits per heavy atom. The van der Waals surface area contributed by atoms with Crippen LogP contribution < -0.4 is 0 Å². The maximum Gasteiger partial charge on any atom is 0.187 e. The van der Waals surface area contributed by atoms with Gasteiger partial charge in [0.05, 0.1) is 64.6 Å². The van der Waals surface area contributed by atoms with E-state index in [0.717, 1.165) is 51.4 Å². The molecule has 0 aromatic heterocycles. The summed E-state index contributed by atoms with van der Waals surface area (Å²) >= 11 is 0. The van der Waals surface area contributed by atoms with E-state index in [9.17, 15) is 91.9 Å². The topological polar surface area (TPSA) is 512 Å². The van der Waals surface area contributed by atoms with Gasteiger partial charge < -0.3 is 168 Å². The number of rotatable bonds is 18. The molecule has 13 rings (SSSR count). The Morgan fingerprint density at radius 2 is 0.960 bits per heavy atom. The SMILES string of the molecule is C[C@H]1CC[C@@]2(OC1)O[C@H]1C[C@H]3[C@@H]4CC[C@H]5C[C@@H](O[C@@H]6O[C@H](CO)[C@H](O[C@@H]7O[C@H](CO)[C@@H](O)[C@H](O[C@@H]8OC[C@@H](O)[C@H](O[C@@H]9O[C@H](CO[C@@H]%10O[C@@H](CO)[C@H](O)[C@H]%10O)[C@@H](O)[C@H](O)[C@H]9O)[C@H]8O)[C@H]7O[C@@H]7OC[C@H](O)[C@H](O)[C@H]7O)[C@H](O)[C@H]6O[C@@H]6O[C@@H](C)[C@H](O)[C@@H](O)[C@H]6O)CC[C@]5(C)[C@H]4CC[C@]3(C)[C@H]1[C@@H]2C. The Bertz CT molecular complexity index is 2670. The molecule has 44 atom stereocenters. The van der Waals surface area contributed by atoms with Gasteiger partial charge in [0.2, 0.25) is 0 Å². The summed E-state index contributed by atoms with van der Waals surface area (Å²) in [4.78, 5) is 0. The van der Waals surface area contributed by atoms with Gasteiger partial charge in [-0.2, -0.15) is 0 Å². The Balaban J connectivity index is 0.729. The van der Waals surface area contributed by atoms with Crippen LogP contribution in [0.25, 0.3) is 0 Å². The standard InChI is InChI=1S/C66H108O34/c1-23-8-13-66(88-19-23)24(2)38-33(100-66)15-30-28-7-6-26-14-27(9-11-64(26,4)29(28)10-12-65(30,38)5)90-62-55(98-60-48(81)44(77)39(72)25(3)89-60)50(83)53(36(18-69)93-62)96-63-56(99-58-46(79)40(73)31(70)20-85-58)54(43(76)35(17-68)92-63)97-59-51(84)52(32(71)21-86-59)95-61-49(82)45(78)42(75)37(94-61)22-87-57-47(80)41(74)34(16-67)91-57/h23-63,67-84H,6-22H2,1-5H3/t23-,24-,25-,26-,27-,28+,29-,30-,31-,32+,33-,34-,35+,36+,37+,38-,39-,40-,41-,42+,43+,44+,45-,46+,47+,48+,49+,50-,51+,52-,53-,54-,55+,56+,57+,58-,59-,60-,61-,62+,63-,64-,65-,66+/m0/s1. The number of fused-ring (bicyclic) bond motifs is 7. The fraction of sp³-hybridized carbons (Fsp3) is 1.00. The van der Waals surface area contributed by atoms with Crippen molar-refractivity contribution in [1.29, 1.82) is 0 Å². The maximum atomic E-state index is 12.9. The molecule has 13 fully saturated rings. The van der Waals surface area contributed by atoms with Gasteiger partial charge in [-0.1, -0.05) is 27.7 Å². The van der Waals surface area contributed by atoms with Gasteiger partial charge in [0.1, 0.15) is 146 Å². The summed E-state index contributed by atoms with van der Waals surface area (Å²) in [7, 11) is 0. The summed E-state index contributed by atoms with van der Waals surface area (Å²) in [6.07, 6.45) is -49.0. The summed E-state index contributed by atoms with van der Waals surface area (Å²) < 4.78 is 98.4. The minimum absolute atomic E-state index is 0.0437. The van der Waals surface area contributed by atoms with Gasteiger partial charge in [-0.15, -0.1) is 0 Å². The first kappa shape index (κ1) is 76.8. The van der Waals surface area contributed by atoms with Crippen LogP contribution in [0.15, 0.2) is 0 Å². The number of hydrogen-bond acceptors (Lipinski definition) is 34. The van der Waals surface area contributed by atoms with Crippen LogP contribution in [0.2, 0.25) is 0 Å². The molecule has 9 heterocycles. The fourth-order valence-electron chi connectivity index (χ4n) is 19.7. The summed E-state index contributed by atoms with van der Waals surface area (Å²) in [5.41, 5.74) is 0.0700. The molecule has 18 N–H and O–H groups in total. The smallest absolute Gasteiger partial charge is 0.187 e. The van der Waals surface area contributed by atoms with Crippen LogP contribution in [-0.4, -0.2) is 353 Å². The Hall–Kier alpha value is -1.36. The Kier molecular flexibility index (Phi) is 23.5. The Morgan fingerprint density at radius 1 is 0.400 bits per heavy atom. The van der Waals surface area contributed by atoms with Crippen molar-refractivity contribution in [1.82, 2.24) is 0 Å². The lowest BCUT2D eigenvalue weighted by Crippen LogP contribution is -2.69. The molecule has 0 unspecified atom stereocenters. The first-order valence-corrected chi connectivity index (χ1v) is 35.9. The molecule has 0 radical (unpaired) electrons. The first-order chi connectivity index (χ1) is 47.5. The molecule has 0 aromatic rings. The van der Waals surface area contributed by atoms with Gasteiger partial charge in [-0.05, 0) is 111 Å². The zero-order chi connectivity index (χ0) is 71.5. The molecule has 4 saturated carbocycles. The summed E-state index contributed by atoms with van der Waals surface area (Å²) in [6.45, 7) is 6.96. The van der Waals surface area contributed by atoms with Crippen molar-refractivity contribution in [3.8, 4) is 0 Å². The number of hydrogen-bond donors (Lipinski definition) is 18. The van der Waals surface area contributed by atoms with E-state index >= 15 is 0 Å². The van der Waals surface area contributed by atoms with E-state index in [1.165, 1.54) is 6.92 Å². The average Bonchev–Trinajstić information content (AvgIpc) is 1.51. The van der Waals surface area contributed by atoms with E-state index in [-0.39, 0.29) is 28.8 Å². The first-order valence-electron chi connectivity index (χ1n) is 35.9. The van der Waals surface area contributed by atoms with Crippen molar-refractivity contribution in [2.24, 2.45) is 52.3 Å². The third-order valence-electron chi connectivity index (χ3n) is 25.5. The van der Waals surface area contributed by atoms with Gasteiger partial charge in [0.15, 0.2) is 49.8 Å². The molecule has 34 heteroatoms. The normalized spacial score (nSPS) is 57.3. The van der Waals surface area contributed by atoms with Crippen molar-refractivity contribution < 1.29 is 168 Å². The second-order valence-electron chi connectivity index (χ2n) is 31.4. The highest BCUT2D eigenvalue weighted by Gasteiger charge is 2.70. The number of ether oxygens (including phenoxy) is 16. The summed E-state index contributed by atoms with van der Waals surface area (Å²) in [6, 6.07) is 0. The molecule has 13 aliphatic rings. The molecule has 0 aromatic carbocycles. The zero-order valence-corrected chi connectivity index (χ0v) is 56.8. The highest BCUT2D eigenvalue weighted by Crippen LogP contribution is 2.71. The van der Waals surface area contributed by atoms with Crippen LogP contribution in [0.5, 0.6) is 0 Å². The predicted molar refractivity (Wildman–Crippen MR) is 327 cm³/mol. The second-order valence-corrected chi connectivity index (χ2v) is 31.4. The van der Waals surface area contributed by atoms with E-state index in [1.54, 1.807) is 0 Å². The summed E-state index contributed by atoms with van der Waals surface area (Å²) in [5, 5.41) is 199. The maximum absolute atomic E-state index is 12.9. The third kappa shape index (κ3) is 14.0. The highest BCUT2D eigenvalue weighted by atomic mass is 16.8. The van der Waals surface area contributed by atoms with E-state index in [1.807, 2.05) is 0 Å². The van der Waals surface area contributed by atoms with Gasteiger partial charge in [0, 0.05) is 12.3 Å². The molecule has 576 valence electrons. The summed E-state index contributed by atoms with van der Waals surface area (Å²) in [5.74, 6) is 2.36. The van der Waals surface area contributed by atoms with Crippen molar-refractivity contribution in [3.63, 3.8) is 0 Å². The lowest BCUT2D eigenvalue weighted by atomic mass is 9.44. The largest absolute Gasteiger partial charge is 0.394 e. The van der Waals surface area contributed by atoms with Crippen LogP contribution in [0.3, 0.4) is 0 Å². The van der Waals surface area contributed by atoms with Crippen LogP contribution in [-0.2, 0) is 75.8 Å². The lowest BCUT2D eigenvalue weighted by molar-refractivity contribution is -0.410. The lowest BCUT2D eigenvalue weighted by Gasteiger charge is -2.61. The molecular formula is C66H108O34. The highest BCUT2D eigenvalue weighted by molar-refractivity contribution is 5.16. The minimum atomic E-state index is -2.17. The van der Waals surface area contributed by atoms with Crippen LogP contribution >= 0.6 is 0 Å². The van der Waals surface area contributed by atoms with E-state index < -0.39 is 248 Å². The Labute approximate surface area is 577 Å². The molecule has 0 bridgehead atoms. The monoisotopic (exact) mass is 1440 g/mol. The fourth-order valence-corrected chi connectivity index (χ4v) is 19.7. The molecule has 9 saturated heterocycles.